The van der Waals surface area contributed by atoms with Crippen molar-refractivity contribution in [3.8, 4) is 0 Å². The van der Waals surface area contributed by atoms with Gasteiger partial charge < -0.3 is 20.1 Å². The predicted octanol–water partition coefficient (Wildman–Crippen LogP) is 4.20. The zero-order valence-corrected chi connectivity index (χ0v) is 18.4. The lowest BCUT2D eigenvalue weighted by Gasteiger charge is -2.27. The molecule has 1 rings (SSSR count). The monoisotopic (exact) mass is 398 g/mol. The minimum atomic E-state index is -0.900. The molecule has 7 heteroatoms. The van der Waals surface area contributed by atoms with E-state index in [0.29, 0.717) is 29.3 Å². The molecule has 0 bridgehead atoms. The Kier molecular flexibility index (Phi) is 8.75. The molecule has 6 nitrogen and oxygen atoms in total. The number of hydrogen-bond donors (Lipinski definition) is 2. The van der Waals surface area contributed by atoms with E-state index >= 15 is 0 Å². The highest BCUT2D eigenvalue weighted by molar-refractivity contribution is 7.14. The summed E-state index contributed by atoms with van der Waals surface area (Å²) in [4.78, 5) is 27.6. The molecule has 1 heterocycles. The number of alkyl carbamates (subject to hydrolysis) is 1. The van der Waals surface area contributed by atoms with Crippen molar-refractivity contribution in [1.29, 1.82) is 0 Å². The smallest absolute Gasteiger partial charge is 0.407 e. The molecule has 2 unspecified atom stereocenters. The fourth-order valence-corrected chi connectivity index (χ4v) is 3.75. The molecule has 0 aliphatic carbocycles. The number of aliphatic hydroxyl groups is 1. The van der Waals surface area contributed by atoms with Gasteiger partial charge in [-0.3, -0.25) is 4.79 Å². The van der Waals surface area contributed by atoms with E-state index in [1.807, 2.05) is 27.7 Å². The summed E-state index contributed by atoms with van der Waals surface area (Å²) in [6, 6.07) is 3.01. The topological polar surface area (TPSA) is 78.9 Å². The Morgan fingerprint density at radius 2 is 1.81 bits per heavy atom. The summed E-state index contributed by atoms with van der Waals surface area (Å²) in [7, 11) is 0. The van der Waals surface area contributed by atoms with E-state index in [1.54, 1.807) is 37.8 Å². The minimum Gasteiger partial charge on any atom is -0.444 e. The molecule has 0 aliphatic heterocycles. The normalized spacial score (nSPS) is 14.0. The van der Waals surface area contributed by atoms with Crippen molar-refractivity contribution in [3.63, 3.8) is 0 Å². The molecule has 0 radical (unpaired) electrons. The van der Waals surface area contributed by atoms with Gasteiger partial charge in [-0.1, -0.05) is 13.8 Å². The molecule has 0 spiro atoms. The zero-order valence-electron chi connectivity index (χ0n) is 17.5. The molecule has 1 aromatic rings. The van der Waals surface area contributed by atoms with Crippen LogP contribution in [0.1, 0.15) is 75.5 Å². The molecule has 27 heavy (non-hydrogen) atoms. The molecule has 2 N–H and O–H groups in total. The summed E-state index contributed by atoms with van der Waals surface area (Å²) in [5.41, 5.74) is -0.607. The molecule has 0 saturated carbocycles. The third-order valence-corrected chi connectivity index (χ3v) is 5.13. The molecule has 0 saturated heterocycles. The highest BCUT2D eigenvalue weighted by Gasteiger charge is 2.28. The maximum Gasteiger partial charge on any atom is 0.407 e. The van der Waals surface area contributed by atoms with Crippen LogP contribution in [0.15, 0.2) is 12.1 Å². The first kappa shape index (κ1) is 23.4. The van der Waals surface area contributed by atoms with Crippen molar-refractivity contribution in [1.82, 2.24) is 10.2 Å². The summed E-state index contributed by atoms with van der Waals surface area (Å²) in [5.74, 6) is 0.236. The summed E-state index contributed by atoms with van der Waals surface area (Å²) in [5, 5.41) is 13.6. The quantitative estimate of drug-likeness (QED) is 0.688. The van der Waals surface area contributed by atoms with E-state index in [1.165, 1.54) is 11.3 Å². The average Bonchev–Trinajstić information content (AvgIpc) is 3.02. The first-order valence-corrected chi connectivity index (χ1v) is 10.4. The Morgan fingerprint density at radius 1 is 1.22 bits per heavy atom. The van der Waals surface area contributed by atoms with Crippen LogP contribution in [-0.4, -0.2) is 46.7 Å². The first-order valence-electron chi connectivity index (χ1n) is 9.55. The lowest BCUT2D eigenvalue weighted by atomic mass is 9.98. The van der Waals surface area contributed by atoms with Crippen LogP contribution in [-0.2, 0) is 4.74 Å². The van der Waals surface area contributed by atoms with Crippen molar-refractivity contribution in [2.45, 2.75) is 72.6 Å². The van der Waals surface area contributed by atoms with Gasteiger partial charge in [0.05, 0.1) is 10.9 Å². The van der Waals surface area contributed by atoms with Gasteiger partial charge in [0.2, 0.25) is 0 Å². The zero-order chi connectivity index (χ0) is 20.8. The van der Waals surface area contributed by atoms with Crippen molar-refractivity contribution in [2.24, 2.45) is 5.92 Å². The van der Waals surface area contributed by atoms with Crippen LogP contribution in [0.3, 0.4) is 0 Å². The Labute approximate surface area is 166 Å². The Balaban J connectivity index is 2.94. The number of hydrogen-bond acceptors (Lipinski definition) is 5. The van der Waals surface area contributed by atoms with Crippen LogP contribution in [0.4, 0.5) is 4.79 Å². The lowest BCUT2D eigenvalue weighted by molar-refractivity contribution is 0.0406. The van der Waals surface area contributed by atoms with Crippen LogP contribution in [0.5, 0.6) is 0 Å². The van der Waals surface area contributed by atoms with Crippen molar-refractivity contribution in [2.75, 3.05) is 13.1 Å². The van der Waals surface area contributed by atoms with Crippen LogP contribution in [0.2, 0.25) is 0 Å². The van der Waals surface area contributed by atoms with Crippen LogP contribution < -0.4 is 5.32 Å². The van der Waals surface area contributed by atoms with E-state index in [9.17, 15) is 14.7 Å². The van der Waals surface area contributed by atoms with Crippen LogP contribution in [0.25, 0.3) is 0 Å². The fourth-order valence-electron chi connectivity index (χ4n) is 2.73. The molecule has 1 aromatic heterocycles. The standard InChI is InChI=1S/C20H34N2O4S/c1-8-22(9-2)18(24)16-11-10-15(27-16)17(23)14(12-13(3)4)21-19(25)26-20(5,6)7/h10-11,13-14,17,23H,8-9,12H2,1-7H3,(H,21,25). The summed E-state index contributed by atoms with van der Waals surface area (Å²) >= 11 is 1.27. The number of carbonyl (C=O) groups excluding carboxylic acids is 2. The summed E-state index contributed by atoms with van der Waals surface area (Å²) in [6.07, 6.45) is -0.858. The van der Waals surface area contributed by atoms with E-state index in [4.69, 9.17) is 4.74 Å². The molecular weight excluding hydrogens is 364 g/mol. The molecule has 2 amide bonds. The van der Waals surface area contributed by atoms with Crippen LogP contribution in [0, 0.1) is 5.92 Å². The number of thiophene rings is 1. The maximum absolute atomic E-state index is 12.5. The largest absolute Gasteiger partial charge is 0.444 e. The Bertz CT molecular complexity index is 618. The molecule has 154 valence electrons. The van der Waals surface area contributed by atoms with E-state index < -0.39 is 23.8 Å². The summed E-state index contributed by atoms with van der Waals surface area (Å²) in [6.45, 7) is 14.6. The van der Waals surface area contributed by atoms with Gasteiger partial charge in [0.25, 0.3) is 5.91 Å². The number of nitrogens with one attached hydrogen (secondary N) is 1. The Morgan fingerprint density at radius 3 is 2.30 bits per heavy atom. The summed E-state index contributed by atoms with van der Waals surface area (Å²) < 4.78 is 5.32. The number of ether oxygens (including phenoxy) is 1. The lowest BCUT2D eigenvalue weighted by Crippen LogP contribution is -2.42. The van der Waals surface area contributed by atoms with Gasteiger partial charge >= 0.3 is 6.09 Å². The molecule has 0 fully saturated rings. The van der Waals surface area contributed by atoms with Gasteiger partial charge in [-0.05, 0) is 59.1 Å². The minimum absolute atomic E-state index is 0.0380. The van der Waals surface area contributed by atoms with E-state index in [0.717, 1.165) is 0 Å². The van der Waals surface area contributed by atoms with Gasteiger partial charge in [0.15, 0.2) is 0 Å². The molecule has 2 atom stereocenters. The van der Waals surface area contributed by atoms with Crippen molar-refractivity contribution in [3.05, 3.63) is 21.9 Å². The van der Waals surface area contributed by atoms with Crippen LogP contribution >= 0.6 is 11.3 Å². The highest BCUT2D eigenvalue weighted by Crippen LogP contribution is 2.29. The number of amides is 2. The van der Waals surface area contributed by atoms with Gasteiger partial charge in [-0.15, -0.1) is 11.3 Å². The second kappa shape index (κ2) is 10.1. The average molecular weight is 399 g/mol. The Hall–Kier alpha value is -1.60. The molecule has 0 aromatic carbocycles. The fraction of sp³-hybridized carbons (Fsp3) is 0.700. The van der Waals surface area contributed by atoms with Gasteiger partial charge in [-0.2, -0.15) is 0 Å². The molecular formula is C20H34N2O4S. The van der Waals surface area contributed by atoms with E-state index in [-0.39, 0.29) is 11.8 Å². The SMILES string of the molecule is CCN(CC)C(=O)c1ccc(C(O)C(CC(C)C)NC(=O)OC(C)(C)C)s1. The van der Waals surface area contributed by atoms with Gasteiger partial charge in [0, 0.05) is 18.0 Å². The molecule has 0 aliphatic rings. The number of rotatable bonds is 8. The van der Waals surface area contributed by atoms with E-state index in [2.05, 4.69) is 5.32 Å². The second-order valence-corrected chi connectivity index (χ2v) is 9.12. The predicted molar refractivity (Wildman–Crippen MR) is 109 cm³/mol. The third kappa shape index (κ3) is 7.50. The van der Waals surface area contributed by atoms with Gasteiger partial charge in [0.1, 0.15) is 11.7 Å². The maximum atomic E-state index is 12.5. The first-order chi connectivity index (χ1) is 12.5. The van der Waals surface area contributed by atoms with Gasteiger partial charge in [-0.25, -0.2) is 4.79 Å². The second-order valence-electron chi connectivity index (χ2n) is 8.01. The van der Waals surface area contributed by atoms with Crippen molar-refractivity contribution < 1.29 is 19.4 Å². The number of nitrogens with zero attached hydrogens (tertiary/aromatic N) is 1. The number of aliphatic hydroxyl groups excluding tert-OH is 1. The third-order valence-electron chi connectivity index (χ3n) is 3.99. The van der Waals surface area contributed by atoms with Crippen molar-refractivity contribution >= 4 is 23.3 Å². The highest BCUT2D eigenvalue weighted by atomic mass is 32.1. The number of carbonyl (C=O) groups is 2.